The van der Waals surface area contributed by atoms with Crippen LogP contribution < -0.4 is 10.1 Å². The second-order valence-corrected chi connectivity index (χ2v) is 5.32. The molecule has 0 saturated carbocycles. The average molecular weight is 276 g/mol. The van der Waals surface area contributed by atoms with Gasteiger partial charge in [-0.2, -0.15) is 0 Å². The second-order valence-electron chi connectivity index (χ2n) is 4.23. The third-order valence-electron chi connectivity index (χ3n) is 2.84. The fraction of sp³-hybridized carbons (Fsp3) is 0.400. The Hall–Kier alpha value is -1.39. The minimum absolute atomic E-state index is 0.687. The van der Waals surface area contributed by atoms with Crippen molar-refractivity contribution in [1.29, 1.82) is 0 Å². The molecule has 1 aromatic heterocycles. The van der Waals surface area contributed by atoms with E-state index in [4.69, 9.17) is 9.72 Å². The van der Waals surface area contributed by atoms with E-state index >= 15 is 0 Å². The Kier molecular flexibility index (Phi) is 4.93. The van der Waals surface area contributed by atoms with Crippen LogP contribution in [0.4, 0.5) is 0 Å². The molecule has 1 aromatic carbocycles. The van der Waals surface area contributed by atoms with Crippen LogP contribution in [0.5, 0.6) is 5.75 Å². The molecule has 0 saturated heterocycles. The van der Waals surface area contributed by atoms with Crippen molar-refractivity contribution in [3.05, 3.63) is 34.8 Å². The summed E-state index contributed by atoms with van der Waals surface area (Å²) in [4.78, 5) is 6.06. The maximum atomic E-state index is 5.54. The fourth-order valence-electron chi connectivity index (χ4n) is 1.97. The predicted octanol–water partition coefficient (Wildman–Crippen LogP) is 3.49. The average Bonchev–Trinajstić information content (AvgIpc) is 2.83. The quantitative estimate of drug-likeness (QED) is 0.877. The maximum absolute atomic E-state index is 5.54. The van der Waals surface area contributed by atoms with Crippen LogP contribution in [0.1, 0.15) is 24.4 Å². The number of hydrogen-bond donors (Lipinski definition) is 1. The van der Waals surface area contributed by atoms with Gasteiger partial charge in [0.1, 0.15) is 10.8 Å². The molecule has 1 heterocycles. The van der Waals surface area contributed by atoms with E-state index in [1.165, 1.54) is 10.6 Å². The monoisotopic (exact) mass is 276 g/mol. The lowest BCUT2D eigenvalue weighted by Gasteiger charge is -2.03. The number of nitrogens with one attached hydrogen (secondary N) is 1. The number of aryl methyl sites for hydroxylation is 1. The summed E-state index contributed by atoms with van der Waals surface area (Å²) in [6, 6.07) is 8.15. The largest absolute Gasteiger partial charge is 0.494 e. The van der Waals surface area contributed by atoms with Crippen LogP contribution in [-0.2, 0) is 13.0 Å². The molecule has 0 fully saturated rings. The minimum atomic E-state index is 0.687. The van der Waals surface area contributed by atoms with Crippen LogP contribution in [0.3, 0.4) is 0 Å². The highest BCUT2D eigenvalue weighted by Gasteiger charge is 2.11. The van der Waals surface area contributed by atoms with E-state index in [9.17, 15) is 0 Å². The van der Waals surface area contributed by atoms with Crippen LogP contribution in [0.25, 0.3) is 10.6 Å². The molecule has 0 aliphatic carbocycles. The molecule has 0 aliphatic heterocycles. The summed E-state index contributed by atoms with van der Waals surface area (Å²) in [7, 11) is 1.97. The number of hydrogen-bond acceptors (Lipinski definition) is 4. The summed E-state index contributed by atoms with van der Waals surface area (Å²) in [5, 5.41) is 4.27. The van der Waals surface area contributed by atoms with Crippen LogP contribution in [0, 0.1) is 0 Å². The van der Waals surface area contributed by atoms with Gasteiger partial charge in [0.2, 0.25) is 0 Å². The van der Waals surface area contributed by atoms with E-state index in [0.29, 0.717) is 6.61 Å². The highest BCUT2D eigenvalue weighted by molar-refractivity contribution is 7.15. The van der Waals surface area contributed by atoms with Gasteiger partial charge in [0, 0.05) is 17.0 Å². The molecule has 2 rings (SSSR count). The zero-order valence-electron chi connectivity index (χ0n) is 11.7. The molecule has 4 heteroatoms. The Morgan fingerprint density at radius 2 is 2.16 bits per heavy atom. The zero-order chi connectivity index (χ0) is 13.7. The number of nitrogens with zero attached hydrogens (tertiary/aromatic N) is 1. The Morgan fingerprint density at radius 1 is 1.32 bits per heavy atom. The van der Waals surface area contributed by atoms with Gasteiger partial charge in [0.25, 0.3) is 0 Å². The smallest absolute Gasteiger partial charge is 0.124 e. The third-order valence-corrected chi connectivity index (χ3v) is 3.99. The Labute approximate surface area is 118 Å². The van der Waals surface area contributed by atoms with E-state index in [-0.39, 0.29) is 0 Å². The second kappa shape index (κ2) is 6.68. The van der Waals surface area contributed by atoms with E-state index in [1.807, 2.05) is 26.1 Å². The molecule has 0 unspecified atom stereocenters. The van der Waals surface area contributed by atoms with Crippen molar-refractivity contribution in [2.75, 3.05) is 13.7 Å². The Bertz CT molecular complexity index is 537. The maximum Gasteiger partial charge on any atom is 0.124 e. The zero-order valence-corrected chi connectivity index (χ0v) is 12.5. The molecule has 0 spiro atoms. The van der Waals surface area contributed by atoms with Gasteiger partial charge in [0.05, 0.1) is 12.3 Å². The number of thiazole rings is 1. The fourth-order valence-corrected chi connectivity index (χ4v) is 3.13. The molecule has 0 aliphatic rings. The van der Waals surface area contributed by atoms with Crippen molar-refractivity contribution in [3.8, 4) is 16.3 Å². The SMILES string of the molecule is CCOc1cccc(-c2nc(CC)c(CNC)s2)c1. The first-order valence-corrected chi connectivity index (χ1v) is 7.46. The molecule has 102 valence electrons. The van der Waals surface area contributed by atoms with Crippen LogP contribution in [0.2, 0.25) is 0 Å². The van der Waals surface area contributed by atoms with Crippen LogP contribution in [-0.4, -0.2) is 18.6 Å². The molecule has 1 N–H and O–H groups in total. The Balaban J connectivity index is 2.32. The first kappa shape index (κ1) is 14.0. The van der Waals surface area contributed by atoms with E-state index < -0.39 is 0 Å². The van der Waals surface area contributed by atoms with Crippen molar-refractivity contribution >= 4 is 11.3 Å². The highest BCUT2D eigenvalue weighted by Crippen LogP contribution is 2.30. The summed E-state index contributed by atoms with van der Waals surface area (Å²) in [5.74, 6) is 0.906. The van der Waals surface area contributed by atoms with Crippen molar-refractivity contribution in [3.63, 3.8) is 0 Å². The number of aromatic nitrogens is 1. The van der Waals surface area contributed by atoms with Gasteiger partial charge in [-0.3, -0.25) is 0 Å². The van der Waals surface area contributed by atoms with Gasteiger partial charge in [0.15, 0.2) is 0 Å². The lowest BCUT2D eigenvalue weighted by Crippen LogP contribution is -2.05. The Morgan fingerprint density at radius 3 is 2.84 bits per heavy atom. The summed E-state index contributed by atoms with van der Waals surface area (Å²) in [5.41, 5.74) is 2.32. The molecule has 3 nitrogen and oxygen atoms in total. The van der Waals surface area contributed by atoms with Gasteiger partial charge < -0.3 is 10.1 Å². The van der Waals surface area contributed by atoms with Crippen molar-refractivity contribution in [1.82, 2.24) is 10.3 Å². The van der Waals surface area contributed by atoms with Crippen molar-refractivity contribution in [2.24, 2.45) is 0 Å². The van der Waals surface area contributed by atoms with Crippen LogP contribution >= 0.6 is 11.3 Å². The normalized spacial score (nSPS) is 10.7. The molecule has 0 bridgehead atoms. The lowest BCUT2D eigenvalue weighted by molar-refractivity contribution is 0.340. The van der Waals surface area contributed by atoms with Gasteiger partial charge in [-0.15, -0.1) is 11.3 Å². The van der Waals surface area contributed by atoms with Gasteiger partial charge in [-0.05, 0) is 32.5 Å². The first-order chi connectivity index (χ1) is 9.28. The van der Waals surface area contributed by atoms with Gasteiger partial charge in [-0.25, -0.2) is 4.98 Å². The predicted molar refractivity (Wildman–Crippen MR) is 80.9 cm³/mol. The lowest BCUT2D eigenvalue weighted by atomic mass is 10.2. The molecular formula is C15H20N2OS. The number of benzene rings is 1. The minimum Gasteiger partial charge on any atom is -0.494 e. The highest BCUT2D eigenvalue weighted by atomic mass is 32.1. The first-order valence-electron chi connectivity index (χ1n) is 6.64. The van der Waals surface area contributed by atoms with E-state index in [0.717, 1.165) is 29.3 Å². The van der Waals surface area contributed by atoms with E-state index in [1.54, 1.807) is 11.3 Å². The summed E-state index contributed by atoms with van der Waals surface area (Å²) < 4.78 is 5.54. The standard InChI is InChI=1S/C15H20N2OS/c1-4-13-14(10-16-3)19-15(17-13)11-7-6-8-12(9-11)18-5-2/h6-9,16H,4-5,10H2,1-3H3. The molecule has 0 amide bonds. The topological polar surface area (TPSA) is 34.1 Å². The number of ether oxygens (including phenoxy) is 1. The third kappa shape index (κ3) is 3.33. The summed E-state index contributed by atoms with van der Waals surface area (Å²) in [6.07, 6.45) is 0.971. The summed E-state index contributed by atoms with van der Waals surface area (Å²) in [6.45, 7) is 5.71. The van der Waals surface area contributed by atoms with Crippen LogP contribution in [0.15, 0.2) is 24.3 Å². The van der Waals surface area contributed by atoms with Gasteiger partial charge in [-0.1, -0.05) is 19.1 Å². The van der Waals surface area contributed by atoms with Crippen molar-refractivity contribution < 1.29 is 4.74 Å². The molecule has 2 aromatic rings. The molecule has 19 heavy (non-hydrogen) atoms. The van der Waals surface area contributed by atoms with Crippen molar-refractivity contribution in [2.45, 2.75) is 26.8 Å². The molecular weight excluding hydrogens is 256 g/mol. The number of rotatable bonds is 6. The molecule has 0 radical (unpaired) electrons. The van der Waals surface area contributed by atoms with Gasteiger partial charge >= 0.3 is 0 Å². The molecule has 0 atom stereocenters. The summed E-state index contributed by atoms with van der Waals surface area (Å²) >= 11 is 1.76. The van der Waals surface area contributed by atoms with E-state index in [2.05, 4.69) is 24.4 Å².